The SMILES string of the molecule is COC(=O)C1COCCN1C(=O)c1ccc2c(c1)CCC2. The van der Waals surface area contributed by atoms with E-state index < -0.39 is 12.0 Å². The van der Waals surface area contributed by atoms with Crippen LogP contribution < -0.4 is 0 Å². The minimum atomic E-state index is -0.649. The lowest BCUT2D eigenvalue weighted by Crippen LogP contribution is -2.53. The molecule has 21 heavy (non-hydrogen) atoms. The summed E-state index contributed by atoms with van der Waals surface area (Å²) in [5.74, 6) is -0.549. The number of benzene rings is 1. The predicted octanol–water partition coefficient (Wildman–Crippen LogP) is 1.19. The van der Waals surface area contributed by atoms with Crippen LogP contribution in [-0.2, 0) is 27.1 Å². The van der Waals surface area contributed by atoms with Crippen LogP contribution in [0, 0.1) is 0 Å². The highest BCUT2D eigenvalue weighted by molar-refractivity contribution is 5.97. The van der Waals surface area contributed by atoms with Gasteiger partial charge in [-0.2, -0.15) is 0 Å². The summed E-state index contributed by atoms with van der Waals surface area (Å²) in [6, 6.07) is 5.21. The molecular formula is C16H19NO4. The summed E-state index contributed by atoms with van der Waals surface area (Å²) >= 11 is 0. The average molecular weight is 289 g/mol. The standard InChI is InChI=1S/C16H19NO4/c1-20-16(19)14-10-21-8-7-17(14)15(18)13-6-5-11-3-2-4-12(11)9-13/h5-6,9,14H,2-4,7-8,10H2,1H3. The molecule has 1 aliphatic carbocycles. The predicted molar refractivity (Wildman–Crippen MR) is 76.1 cm³/mol. The van der Waals surface area contributed by atoms with Gasteiger partial charge >= 0.3 is 5.97 Å². The Hall–Kier alpha value is -1.88. The van der Waals surface area contributed by atoms with Gasteiger partial charge in [-0.25, -0.2) is 4.79 Å². The Labute approximate surface area is 123 Å². The van der Waals surface area contributed by atoms with Crippen LogP contribution in [0.1, 0.15) is 27.9 Å². The van der Waals surface area contributed by atoms with E-state index in [1.165, 1.54) is 18.2 Å². The Morgan fingerprint density at radius 1 is 1.29 bits per heavy atom. The number of hydrogen-bond donors (Lipinski definition) is 0. The molecule has 1 aliphatic heterocycles. The van der Waals surface area contributed by atoms with Crippen LogP contribution in [0.4, 0.5) is 0 Å². The molecule has 3 rings (SSSR count). The Bertz CT molecular complexity index is 569. The van der Waals surface area contributed by atoms with E-state index in [0.717, 1.165) is 19.3 Å². The zero-order valence-electron chi connectivity index (χ0n) is 12.1. The van der Waals surface area contributed by atoms with Crippen molar-refractivity contribution in [1.82, 2.24) is 4.90 Å². The number of hydrogen-bond acceptors (Lipinski definition) is 4. The van der Waals surface area contributed by atoms with Crippen LogP contribution in [0.15, 0.2) is 18.2 Å². The first-order valence-corrected chi connectivity index (χ1v) is 7.29. The van der Waals surface area contributed by atoms with Crippen molar-refractivity contribution in [2.45, 2.75) is 25.3 Å². The molecule has 1 amide bonds. The van der Waals surface area contributed by atoms with Gasteiger partial charge in [0.25, 0.3) is 5.91 Å². The molecule has 1 heterocycles. The number of carbonyl (C=O) groups excluding carboxylic acids is 2. The summed E-state index contributed by atoms with van der Waals surface area (Å²) in [6.45, 7) is 1.06. The van der Waals surface area contributed by atoms with Gasteiger partial charge < -0.3 is 14.4 Å². The van der Waals surface area contributed by atoms with Crippen molar-refractivity contribution >= 4 is 11.9 Å². The third-order valence-electron chi connectivity index (χ3n) is 4.21. The largest absolute Gasteiger partial charge is 0.467 e. The second-order valence-electron chi connectivity index (χ2n) is 5.45. The molecule has 0 aromatic heterocycles. The molecule has 1 aromatic rings. The first-order chi connectivity index (χ1) is 10.2. The molecule has 2 aliphatic rings. The van der Waals surface area contributed by atoms with Crippen molar-refractivity contribution in [2.24, 2.45) is 0 Å². The lowest BCUT2D eigenvalue weighted by atomic mass is 10.0. The number of rotatable bonds is 2. The van der Waals surface area contributed by atoms with Gasteiger partial charge in [0, 0.05) is 12.1 Å². The highest BCUT2D eigenvalue weighted by atomic mass is 16.5. The van der Waals surface area contributed by atoms with Gasteiger partial charge in [0.1, 0.15) is 0 Å². The molecule has 1 aromatic carbocycles. The summed E-state index contributed by atoms with van der Waals surface area (Å²) in [5, 5.41) is 0. The molecule has 0 saturated carbocycles. The maximum atomic E-state index is 12.7. The number of nitrogens with zero attached hydrogens (tertiary/aromatic N) is 1. The number of methoxy groups -OCH3 is 1. The van der Waals surface area contributed by atoms with E-state index in [4.69, 9.17) is 9.47 Å². The van der Waals surface area contributed by atoms with Crippen LogP contribution in [0.3, 0.4) is 0 Å². The summed E-state index contributed by atoms with van der Waals surface area (Å²) < 4.78 is 10.1. The van der Waals surface area contributed by atoms with E-state index in [9.17, 15) is 9.59 Å². The van der Waals surface area contributed by atoms with Crippen molar-refractivity contribution in [3.63, 3.8) is 0 Å². The van der Waals surface area contributed by atoms with E-state index in [2.05, 4.69) is 0 Å². The number of fused-ring (bicyclic) bond motifs is 1. The molecule has 0 radical (unpaired) electrons. The van der Waals surface area contributed by atoms with E-state index in [1.807, 2.05) is 18.2 Å². The first-order valence-electron chi connectivity index (χ1n) is 7.29. The van der Waals surface area contributed by atoms with Gasteiger partial charge in [0.15, 0.2) is 6.04 Å². The minimum absolute atomic E-state index is 0.122. The van der Waals surface area contributed by atoms with Crippen molar-refractivity contribution in [3.05, 3.63) is 34.9 Å². The zero-order chi connectivity index (χ0) is 14.8. The van der Waals surface area contributed by atoms with E-state index in [1.54, 1.807) is 4.90 Å². The molecule has 5 heteroatoms. The monoisotopic (exact) mass is 289 g/mol. The first kappa shape index (κ1) is 14.1. The Morgan fingerprint density at radius 3 is 2.90 bits per heavy atom. The van der Waals surface area contributed by atoms with Gasteiger partial charge in [-0.3, -0.25) is 4.79 Å². The maximum Gasteiger partial charge on any atom is 0.331 e. The van der Waals surface area contributed by atoms with Crippen LogP contribution in [0.2, 0.25) is 0 Å². The number of morpholine rings is 1. The lowest BCUT2D eigenvalue weighted by molar-refractivity contribution is -0.151. The van der Waals surface area contributed by atoms with Crippen LogP contribution >= 0.6 is 0 Å². The summed E-state index contributed by atoms with van der Waals surface area (Å²) in [5.41, 5.74) is 3.23. The fourth-order valence-electron chi connectivity index (χ4n) is 3.05. The summed E-state index contributed by atoms with van der Waals surface area (Å²) in [6.07, 6.45) is 3.27. The second-order valence-corrected chi connectivity index (χ2v) is 5.45. The second kappa shape index (κ2) is 5.85. The molecule has 0 bridgehead atoms. The molecule has 1 atom stereocenters. The van der Waals surface area contributed by atoms with Crippen molar-refractivity contribution < 1.29 is 19.1 Å². The minimum Gasteiger partial charge on any atom is -0.467 e. The Kier molecular flexibility index (Phi) is 3.92. The van der Waals surface area contributed by atoms with Crippen molar-refractivity contribution in [2.75, 3.05) is 26.9 Å². The van der Waals surface area contributed by atoms with Crippen LogP contribution in [0.5, 0.6) is 0 Å². The van der Waals surface area contributed by atoms with Crippen molar-refractivity contribution in [3.8, 4) is 0 Å². The number of aryl methyl sites for hydroxylation is 2. The molecule has 5 nitrogen and oxygen atoms in total. The summed E-state index contributed by atoms with van der Waals surface area (Å²) in [7, 11) is 1.33. The number of ether oxygens (including phenoxy) is 2. The fourth-order valence-corrected chi connectivity index (χ4v) is 3.05. The third-order valence-corrected chi connectivity index (χ3v) is 4.21. The van der Waals surface area contributed by atoms with Crippen LogP contribution in [0.25, 0.3) is 0 Å². The average Bonchev–Trinajstić information content (AvgIpc) is 3.01. The van der Waals surface area contributed by atoms with E-state index in [-0.39, 0.29) is 12.5 Å². The van der Waals surface area contributed by atoms with Crippen LogP contribution in [-0.4, -0.2) is 49.7 Å². The normalized spacial score (nSPS) is 21.0. The van der Waals surface area contributed by atoms with Gasteiger partial charge in [-0.1, -0.05) is 6.07 Å². The lowest BCUT2D eigenvalue weighted by Gasteiger charge is -2.33. The Balaban J connectivity index is 1.84. The number of carbonyl (C=O) groups is 2. The molecule has 0 N–H and O–H groups in total. The van der Waals surface area contributed by atoms with Crippen molar-refractivity contribution in [1.29, 1.82) is 0 Å². The maximum absolute atomic E-state index is 12.7. The van der Waals surface area contributed by atoms with E-state index in [0.29, 0.717) is 18.7 Å². The van der Waals surface area contributed by atoms with Gasteiger partial charge in [0.2, 0.25) is 0 Å². The fraction of sp³-hybridized carbons (Fsp3) is 0.500. The molecule has 112 valence electrons. The van der Waals surface area contributed by atoms with Gasteiger partial charge in [-0.15, -0.1) is 0 Å². The number of esters is 1. The zero-order valence-corrected chi connectivity index (χ0v) is 12.1. The smallest absolute Gasteiger partial charge is 0.331 e. The van der Waals surface area contributed by atoms with Gasteiger partial charge in [0.05, 0.1) is 20.3 Å². The molecule has 1 fully saturated rings. The van der Waals surface area contributed by atoms with E-state index >= 15 is 0 Å². The highest BCUT2D eigenvalue weighted by Crippen LogP contribution is 2.24. The number of amides is 1. The summed E-state index contributed by atoms with van der Waals surface area (Å²) in [4.78, 5) is 26.1. The Morgan fingerprint density at radius 2 is 2.10 bits per heavy atom. The molecule has 0 spiro atoms. The molecule has 1 unspecified atom stereocenters. The topological polar surface area (TPSA) is 55.8 Å². The molecule has 1 saturated heterocycles. The highest BCUT2D eigenvalue weighted by Gasteiger charge is 2.34. The third kappa shape index (κ3) is 2.65. The molecular weight excluding hydrogens is 270 g/mol. The quantitative estimate of drug-likeness (QED) is 0.767. The van der Waals surface area contributed by atoms with Gasteiger partial charge in [-0.05, 0) is 42.5 Å².